The van der Waals surface area contributed by atoms with Crippen LogP contribution in [0.2, 0.25) is 39.3 Å². The van der Waals surface area contributed by atoms with Gasteiger partial charge in [0.15, 0.2) is 14.1 Å². The molecule has 0 aromatic rings. The standard InChI is InChI=1S/C26H46O4Si2/c1-8-9-12-15-23(29-31(2,3)4)20-18-22-19-21-25(27)24(22)16-13-10-11-14-17-26(28)30-32(5,6)7/h10,13,18,20,23H,8-9,11-12,14-17,19,21H2,1-7H3/b13-10+,20-18+/t23-/m0/s1. The second-order valence-corrected chi connectivity index (χ2v) is 19.6. The van der Waals surface area contributed by atoms with Gasteiger partial charge in [-0.05, 0) is 77.0 Å². The first-order valence-electron chi connectivity index (χ1n) is 12.4. The zero-order chi connectivity index (χ0) is 24.2. The summed E-state index contributed by atoms with van der Waals surface area (Å²) < 4.78 is 11.8. The van der Waals surface area contributed by atoms with E-state index in [-0.39, 0.29) is 17.9 Å². The number of Topliss-reactive ketones (excluding diaryl/α,β-unsaturated/α-hetero) is 1. The van der Waals surface area contributed by atoms with Gasteiger partial charge < -0.3 is 8.85 Å². The molecule has 6 heteroatoms. The number of ketones is 1. The van der Waals surface area contributed by atoms with Crippen LogP contribution in [0.3, 0.4) is 0 Å². The Bertz CT molecular complexity index is 694. The topological polar surface area (TPSA) is 52.6 Å². The maximum absolute atomic E-state index is 12.4. The van der Waals surface area contributed by atoms with Crippen LogP contribution in [0.25, 0.3) is 0 Å². The number of carbonyl (C=O) groups is 2. The molecular formula is C26H46O4Si2. The van der Waals surface area contributed by atoms with E-state index in [1.54, 1.807) is 0 Å². The summed E-state index contributed by atoms with van der Waals surface area (Å²) in [5.74, 6) is 0.175. The maximum Gasteiger partial charge on any atom is 0.292 e. The molecule has 1 rings (SSSR count). The molecule has 0 spiro atoms. The number of allylic oxidation sites excluding steroid dienone is 5. The van der Waals surface area contributed by atoms with Crippen LogP contribution in [0, 0.1) is 0 Å². The predicted molar refractivity (Wildman–Crippen MR) is 140 cm³/mol. The van der Waals surface area contributed by atoms with Gasteiger partial charge in [0, 0.05) is 18.4 Å². The summed E-state index contributed by atoms with van der Waals surface area (Å²) >= 11 is 0. The quantitative estimate of drug-likeness (QED) is 0.139. The van der Waals surface area contributed by atoms with E-state index in [1.807, 2.05) is 19.6 Å². The van der Waals surface area contributed by atoms with Crippen LogP contribution in [0.4, 0.5) is 0 Å². The second-order valence-electron chi connectivity index (χ2n) is 10.7. The third-order valence-corrected chi connectivity index (χ3v) is 6.97. The van der Waals surface area contributed by atoms with Crippen LogP contribution in [0.1, 0.15) is 71.1 Å². The first-order valence-corrected chi connectivity index (χ1v) is 19.2. The fourth-order valence-corrected chi connectivity index (χ4v) is 5.59. The summed E-state index contributed by atoms with van der Waals surface area (Å²) in [6.45, 7) is 15.0. The van der Waals surface area contributed by atoms with Crippen LogP contribution in [-0.4, -0.2) is 34.5 Å². The lowest BCUT2D eigenvalue weighted by Gasteiger charge is -2.24. The van der Waals surface area contributed by atoms with Gasteiger partial charge in [-0.3, -0.25) is 9.59 Å². The fraction of sp³-hybridized carbons (Fsp3) is 0.692. The molecule has 32 heavy (non-hydrogen) atoms. The van der Waals surface area contributed by atoms with Gasteiger partial charge in [0.25, 0.3) is 5.97 Å². The first-order chi connectivity index (χ1) is 14.9. The van der Waals surface area contributed by atoms with Gasteiger partial charge in [-0.25, -0.2) is 0 Å². The lowest BCUT2D eigenvalue weighted by atomic mass is 10.0. The van der Waals surface area contributed by atoms with Crippen molar-refractivity contribution in [2.24, 2.45) is 0 Å². The minimum absolute atomic E-state index is 0.0901. The van der Waals surface area contributed by atoms with E-state index in [2.05, 4.69) is 50.9 Å². The maximum atomic E-state index is 12.4. The number of unbranched alkanes of at least 4 members (excludes halogenated alkanes) is 3. The van der Waals surface area contributed by atoms with Crippen molar-refractivity contribution in [2.75, 3.05) is 0 Å². The van der Waals surface area contributed by atoms with Crippen LogP contribution >= 0.6 is 0 Å². The van der Waals surface area contributed by atoms with Gasteiger partial charge in [0.2, 0.25) is 8.32 Å². The molecule has 4 nitrogen and oxygen atoms in total. The smallest absolute Gasteiger partial charge is 0.292 e. The molecule has 0 aromatic heterocycles. The SMILES string of the molecule is CCCCC[C@@H](/C=C/C1=C(C/C=C/CCCC(=O)O[Si](C)(C)C)C(=O)CC1)O[Si](C)(C)C. The first kappa shape index (κ1) is 28.8. The van der Waals surface area contributed by atoms with Crippen LogP contribution < -0.4 is 0 Å². The van der Waals surface area contributed by atoms with Gasteiger partial charge in [-0.2, -0.15) is 0 Å². The molecule has 0 saturated carbocycles. The van der Waals surface area contributed by atoms with Crippen LogP contribution in [0.5, 0.6) is 0 Å². The molecule has 0 unspecified atom stereocenters. The Morgan fingerprint density at radius 3 is 2.34 bits per heavy atom. The van der Waals surface area contributed by atoms with Gasteiger partial charge in [0.1, 0.15) is 0 Å². The van der Waals surface area contributed by atoms with E-state index in [4.69, 9.17) is 8.85 Å². The Hall–Kier alpha value is -1.25. The number of rotatable bonds is 15. The molecule has 0 saturated heterocycles. The number of hydrogen-bond donors (Lipinski definition) is 0. The zero-order valence-corrected chi connectivity index (χ0v) is 23.6. The highest BCUT2D eigenvalue weighted by atomic mass is 28.4. The normalized spacial score (nSPS) is 16.5. The molecule has 0 aliphatic heterocycles. The third kappa shape index (κ3) is 13.3. The molecular weight excluding hydrogens is 432 g/mol. The van der Waals surface area contributed by atoms with Crippen molar-refractivity contribution >= 4 is 28.4 Å². The van der Waals surface area contributed by atoms with Crippen molar-refractivity contribution in [3.05, 3.63) is 35.5 Å². The summed E-state index contributed by atoms with van der Waals surface area (Å²) in [5.41, 5.74) is 2.11. The summed E-state index contributed by atoms with van der Waals surface area (Å²) in [7, 11) is -3.41. The Labute approximate surface area is 198 Å². The van der Waals surface area contributed by atoms with Crippen LogP contribution in [-0.2, 0) is 18.4 Å². The molecule has 0 amide bonds. The Morgan fingerprint density at radius 2 is 1.72 bits per heavy atom. The summed E-state index contributed by atoms with van der Waals surface area (Å²) in [6.07, 6.45) is 17.5. The summed E-state index contributed by atoms with van der Waals surface area (Å²) in [6, 6.07) is 0. The van der Waals surface area contributed by atoms with Crippen molar-refractivity contribution in [1.29, 1.82) is 0 Å². The lowest BCUT2D eigenvalue weighted by Crippen LogP contribution is -2.31. The van der Waals surface area contributed by atoms with Gasteiger partial charge >= 0.3 is 0 Å². The van der Waals surface area contributed by atoms with E-state index < -0.39 is 16.6 Å². The minimum Gasteiger partial charge on any atom is -0.520 e. The molecule has 0 heterocycles. The highest BCUT2D eigenvalue weighted by molar-refractivity contribution is 6.71. The number of hydrogen-bond acceptors (Lipinski definition) is 4. The summed E-state index contributed by atoms with van der Waals surface area (Å²) in [5, 5.41) is 0. The Kier molecular flexibility index (Phi) is 12.7. The van der Waals surface area contributed by atoms with Gasteiger partial charge in [-0.15, -0.1) is 0 Å². The average molecular weight is 479 g/mol. The molecule has 1 atom stereocenters. The molecule has 0 radical (unpaired) electrons. The summed E-state index contributed by atoms with van der Waals surface area (Å²) in [4.78, 5) is 24.2. The molecule has 182 valence electrons. The van der Waals surface area contributed by atoms with E-state index in [9.17, 15) is 9.59 Å². The van der Waals surface area contributed by atoms with E-state index in [1.165, 1.54) is 19.3 Å². The van der Waals surface area contributed by atoms with Crippen LogP contribution in [0.15, 0.2) is 35.5 Å². The van der Waals surface area contributed by atoms with E-state index in [0.29, 0.717) is 19.3 Å². The molecule has 0 N–H and O–H groups in total. The Balaban J connectivity index is 2.63. The molecule has 1 aliphatic rings. The molecule has 1 aliphatic carbocycles. The lowest BCUT2D eigenvalue weighted by molar-refractivity contribution is -0.135. The minimum atomic E-state index is -1.79. The van der Waals surface area contributed by atoms with Crippen molar-refractivity contribution < 1.29 is 18.4 Å². The zero-order valence-electron chi connectivity index (χ0n) is 21.6. The highest BCUT2D eigenvalue weighted by Crippen LogP contribution is 2.28. The van der Waals surface area contributed by atoms with Crippen molar-refractivity contribution in [3.63, 3.8) is 0 Å². The highest BCUT2D eigenvalue weighted by Gasteiger charge is 2.22. The third-order valence-electron chi connectivity index (χ3n) is 5.12. The van der Waals surface area contributed by atoms with Crippen molar-refractivity contribution in [3.8, 4) is 0 Å². The van der Waals surface area contributed by atoms with Crippen molar-refractivity contribution in [2.45, 2.75) is 117 Å². The number of carbonyl (C=O) groups excluding carboxylic acids is 2. The largest absolute Gasteiger partial charge is 0.520 e. The molecule has 0 fully saturated rings. The van der Waals surface area contributed by atoms with E-state index >= 15 is 0 Å². The van der Waals surface area contributed by atoms with E-state index in [0.717, 1.165) is 36.8 Å². The monoisotopic (exact) mass is 478 g/mol. The Morgan fingerprint density at radius 1 is 1.00 bits per heavy atom. The second kappa shape index (κ2) is 14.1. The fourth-order valence-electron chi connectivity index (χ4n) is 3.70. The average Bonchev–Trinajstić information content (AvgIpc) is 3.00. The predicted octanol–water partition coefficient (Wildman–Crippen LogP) is 7.50. The van der Waals surface area contributed by atoms with Gasteiger partial charge in [0.05, 0.1) is 6.10 Å². The molecule has 0 bridgehead atoms. The van der Waals surface area contributed by atoms with Gasteiger partial charge in [-0.1, -0.05) is 50.5 Å². The molecule has 0 aromatic carbocycles. The van der Waals surface area contributed by atoms with Crippen molar-refractivity contribution in [1.82, 2.24) is 0 Å².